The number of nitrogens with one attached hydrogen (secondary N) is 1. The zero-order valence-electron chi connectivity index (χ0n) is 6.45. The molecule has 0 radical (unpaired) electrons. The third kappa shape index (κ3) is 1.10. The maximum absolute atomic E-state index is 3.52. The minimum atomic E-state index is 1.03. The number of rotatable bonds is 0. The van der Waals surface area contributed by atoms with E-state index in [4.69, 9.17) is 0 Å². The lowest BCUT2D eigenvalue weighted by Crippen LogP contribution is -2.00. The van der Waals surface area contributed by atoms with Gasteiger partial charge in [0, 0.05) is 17.6 Å². The van der Waals surface area contributed by atoms with Crippen LogP contribution in [0.3, 0.4) is 0 Å². The van der Waals surface area contributed by atoms with Crippen LogP contribution in [0.15, 0.2) is 16.6 Å². The highest BCUT2D eigenvalue weighted by atomic mass is 79.9. The molecule has 0 atom stereocenters. The lowest BCUT2D eigenvalue weighted by atomic mass is 10.1. The van der Waals surface area contributed by atoms with Crippen LogP contribution in [-0.4, -0.2) is 0 Å². The van der Waals surface area contributed by atoms with Gasteiger partial charge in [-0.15, -0.1) is 0 Å². The third-order valence-corrected chi connectivity index (χ3v) is 3.11. The Bertz CT molecular complexity index is 294. The predicted molar refractivity (Wildman–Crippen MR) is 49.4 cm³/mol. The van der Waals surface area contributed by atoms with Gasteiger partial charge in [-0.3, -0.25) is 0 Å². The van der Waals surface area contributed by atoms with Crippen molar-refractivity contribution in [1.29, 1.82) is 0 Å². The Kier molecular flexibility index (Phi) is 1.74. The van der Waals surface area contributed by atoms with Crippen molar-refractivity contribution in [2.45, 2.75) is 20.0 Å². The van der Waals surface area contributed by atoms with Crippen molar-refractivity contribution < 1.29 is 0 Å². The Labute approximate surface area is 74.9 Å². The molecule has 0 fully saturated rings. The summed E-state index contributed by atoms with van der Waals surface area (Å²) in [5.41, 5.74) is 4.30. The first-order valence-corrected chi connectivity index (χ1v) is 4.56. The van der Waals surface area contributed by atoms with Crippen LogP contribution in [0.4, 0.5) is 0 Å². The molecule has 0 saturated heterocycles. The first-order valence-electron chi connectivity index (χ1n) is 3.76. The average molecular weight is 212 g/mol. The molecule has 0 aliphatic carbocycles. The van der Waals surface area contributed by atoms with Gasteiger partial charge in [-0.05, 0) is 29.7 Å². The quantitative estimate of drug-likeness (QED) is 0.696. The first kappa shape index (κ1) is 7.32. The van der Waals surface area contributed by atoms with Crippen molar-refractivity contribution in [3.05, 3.63) is 33.3 Å². The topological polar surface area (TPSA) is 12.0 Å². The summed E-state index contributed by atoms with van der Waals surface area (Å²) in [4.78, 5) is 0. The predicted octanol–water partition coefficient (Wildman–Crippen LogP) is 2.36. The molecular weight excluding hydrogens is 202 g/mol. The second-order valence-corrected chi connectivity index (χ2v) is 3.77. The number of hydrogen-bond donors (Lipinski definition) is 1. The average Bonchev–Trinajstić information content (AvgIpc) is 2.45. The normalized spacial score (nSPS) is 15.1. The third-order valence-electron chi connectivity index (χ3n) is 2.25. The van der Waals surface area contributed by atoms with Crippen LogP contribution in [0.5, 0.6) is 0 Å². The Hall–Kier alpha value is -0.340. The van der Waals surface area contributed by atoms with Crippen LogP contribution in [0, 0.1) is 6.92 Å². The SMILES string of the molecule is Cc1c(Br)ccc2c1CNC2. The molecule has 0 saturated carbocycles. The molecule has 1 aliphatic rings. The van der Waals surface area contributed by atoms with Crippen LogP contribution in [0.25, 0.3) is 0 Å². The van der Waals surface area contributed by atoms with E-state index in [-0.39, 0.29) is 0 Å². The summed E-state index contributed by atoms with van der Waals surface area (Å²) in [7, 11) is 0. The van der Waals surface area contributed by atoms with Crippen molar-refractivity contribution in [3.8, 4) is 0 Å². The van der Waals surface area contributed by atoms with Gasteiger partial charge < -0.3 is 5.32 Å². The largest absolute Gasteiger partial charge is 0.309 e. The van der Waals surface area contributed by atoms with Crippen LogP contribution >= 0.6 is 15.9 Å². The van der Waals surface area contributed by atoms with E-state index in [0.29, 0.717) is 0 Å². The van der Waals surface area contributed by atoms with Crippen molar-refractivity contribution in [2.75, 3.05) is 0 Å². The molecule has 11 heavy (non-hydrogen) atoms. The van der Waals surface area contributed by atoms with E-state index in [1.807, 2.05) is 0 Å². The van der Waals surface area contributed by atoms with Gasteiger partial charge in [-0.2, -0.15) is 0 Å². The Morgan fingerprint density at radius 1 is 1.36 bits per heavy atom. The zero-order chi connectivity index (χ0) is 7.84. The van der Waals surface area contributed by atoms with E-state index in [0.717, 1.165) is 13.1 Å². The Morgan fingerprint density at radius 2 is 2.18 bits per heavy atom. The second kappa shape index (κ2) is 2.61. The molecule has 2 rings (SSSR count). The standard InChI is InChI=1S/C9H10BrN/c1-6-8-5-11-4-7(8)2-3-9(6)10/h2-3,11H,4-5H2,1H3. The van der Waals surface area contributed by atoms with Gasteiger partial charge in [0.05, 0.1) is 0 Å². The van der Waals surface area contributed by atoms with Crippen LogP contribution in [-0.2, 0) is 13.1 Å². The summed E-state index contributed by atoms with van der Waals surface area (Å²) in [5, 5.41) is 3.33. The summed E-state index contributed by atoms with van der Waals surface area (Å²) < 4.78 is 1.22. The van der Waals surface area contributed by atoms with E-state index in [1.54, 1.807) is 0 Å². The smallest absolute Gasteiger partial charge is 0.0214 e. The fraction of sp³-hybridized carbons (Fsp3) is 0.333. The summed E-state index contributed by atoms with van der Waals surface area (Å²) in [6.07, 6.45) is 0. The maximum Gasteiger partial charge on any atom is 0.0214 e. The summed E-state index contributed by atoms with van der Waals surface area (Å²) >= 11 is 3.52. The second-order valence-electron chi connectivity index (χ2n) is 2.91. The fourth-order valence-corrected chi connectivity index (χ4v) is 1.89. The molecule has 1 aromatic carbocycles. The van der Waals surface area contributed by atoms with Gasteiger partial charge >= 0.3 is 0 Å². The van der Waals surface area contributed by atoms with E-state index < -0.39 is 0 Å². The molecule has 1 aliphatic heterocycles. The molecule has 0 bridgehead atoms. The molecule has 1 heterocycles. The van der Waals surface area contributed by atoms with E-state index in [1.165, 1.54) is 21.2 Å². The molecule has 1 nitrogen and oxygen atoms in total. The number of benzene rings is 1. The molecule has 2 heteroatoms. The minimum Gasteiger partial charge on any atom is -0.309 e. The molecule has 1 N–H and O–H groups in total. The van der Waals surface area contributed by atoms with Gasteiger partial charge in [0.2, 0.25) is 0 Å². The molecule has 58 valence electrons. The van der Waals surface area contributed by atoms with E-state index >= 15 is 0 Å². The molecule has 1 aromatic rings. The van der Waals surface area contributed by atoms with Crippen molar-refractivity contribution in [3.63, 3.8) is 0 Å². The van der Waals surface area contributed by atoms with Crippen LogP contribution in [0.2, 0.25) is 0 Å². The lowest BCUT2D eigenvalue weighted by Gasteiger charge is -2.03. The summed E-state index contributed by atoms with van der Waals surface area (Å²) in [6.45, 7) is 4.22. The van der Waals surface area contributed by atoms with Gasteiger partial charge in [0.15, 0.2) is 0 Å². The van der Waals surface area contributed by atoms with E-state index in [9.17, 15) is 0 Å². The van der Waals surface area contributed by atoms with Crippen molar-refractivity contribution in [2.24, 2.45) is 0 Å². The summed E-state index contributed by atoms with van der Waals surface area (Å²) in [5.74, 6) is 0. The molecule has 0 unspecified atom stereocenters. The van der Waals surface area contributed by atoms with E-state index in [2.05, 4.69) is 40.3 Å². The highest BCUT2D eigenvalue weighted by Crippen LogP contribution is 2.25. The molecule has 0 amide bonds. The Balaban J connectivity index is 2.62. The molecule has 0 aromatic heterocycles. The van der Waals surface area contributed by atoms with Gasteiger partial charge in [-0.1, -0.05) is 22.0 Å². The highest BCUT2D eigenvalue weighted by molar-refractivity contribution is 9.10. The van der Waals surface area contributed by atoms with Crippen molar-refractivity contribution in [1.82, 2.24) is 5.32 Å². The lowest BCUT2D eigenvalue weighted by molar-refractivity contribution is 0.763. The highest BCUT2D eigenvalue weighted by Gasteiger charge is 2.12. The van der Waals surface area contributed by atoms with Gasteiger partial charge in [0.25, 0.3) is 0 Å². The first-order chi connectivity index (χ1) is 5.29. The van der Waals surface area contributed by atoms with Crippen LogP contribution in [0.1, 0.15) is 16.7 Å². The fourth-order valence-electron chi connectivity index (χ4n) is 1.52. The summed E-state index contributed by atoms with van der Waals surface area (Å²) in [6, 6.07) is 4.31. The monoisotopic (exact) mass is 211 g/mol. The number of fused-ring (bicyclic) bond motifs is 1. The molecule has 0 spiro atoms. The van der Waals surface area contributed by atoms with Crippen LogP contribution < -0.4 is 5.32 Å². The minimum absolute atomic E-state index is 1.03. The van der Waals surface area contributed by atoms with Gasteiger partial charge in [-0.25, -0.2) is 0 Å². The number of halogens is 1. The Morgan fingerprint density at radius 3 is 3.00 bits per heavy atom. The number of hydrogen-bond acceptors (Lipinski definition) is 1. The van der Waals surface area contributed by atoms with Gasteiger partial charge in [0.1, 0.15) is 0 Å². The zero-order valence-corrected chi connectivity index (χ0v) is 8.03. The maximum atomic E-state index is 3.52. The van der Waals surface area contributed by atoms with Crippen molar-refractivity contribution >= 4 is 15.9 Å². The molecular formula is C9H10BrN.